The molecule has 0 saturated carbocycles. The molecule has 2 N–H and O–H groups in total. The molecular formula is C23H34IN7O. The molecule has 1 aliphatic rings. The number of carbonyl (C=O) groups is 1. The second-order valence-electron chi connectivity index (χ2n) is 8.04. The van der Waals surface area contributed by atoms with E-state index >= 15 is 0 Å². The summed E-state index contributed by atoms with van der Waals surface area (Å²) in [5.41, 5.74) is 1.88. The van der Waals surface area contributed by atoms with Crippen molar-refractivity contribution < 1.29 is 4.79 Å². The normalized spacial score (nSPS) is 14.2. The first-order valence-corrected chi connectivity index (χ1v) is 11.0. The number of hydrogen-bond acceptors (Lipinski definition) is 5. The van der Waals surface area contributed by atoms with Crippen LogP contribution in [0.15, 0.2) is 47.7 Å². The Morgan fingerprint density at radius 3 is 2.50 bits per heavy atom. The van der Waals surface area contributed by atoms with E-state index in [1.165, 1.54) is 0 Å². The summed E-state index contributed by atoms with van der Waals surface area (Å²) in [5.74, 6) is 2.07. The Balaban J connectivity index is 0.00000363. The molecule has 1 saturated heterocycles. The van der Waals surface area contributed by atoms with Gasteiger partial charge >= 0.3 is 0 Å². The van der Waals surface area contributed by atoms with Crippen LogP contribution in [0.5, 0.6) is 0 Å². The fraction of sp³-hybridized carbons (Fsp3) is 0.478. The number of anilines is 2. The van der Waals surface area contributed by atoms with Crippen molar-refractivity contribution in [3.8, 4) is 0 Å². The van der Waals surface area contributed by atoms with E-state index < -0.39 is 0 Å². The number of guanidine groups is 1. The Hall–Kier alpha value is -2.43. The molecule has 174 valence electrons. The highest BCUT2D eigenvalue weighted by molar-refractivity contribution is 14.0. The van der Waals surface area contributed by atoms with Crippen molar-refractivity contribution in [2.24, 2.45) is 10.9 Å². The number of piperazine rings is 1. The lowest BCUT2D eigenvalue weighted by molar-refractivity contribution is -0.116. The van der Waals surface area contributed by atoms with E-state index in [4.69, 9.17) is 4.99 Å². The summed E-state index contributed by atoms with van der Waals surface area (Å²) < 4.78 is 0. The highest BCUT2D eigenvalue weighted by atomic mass is 127. The average Bonchev–Trinajstić information content (AvgIpc) is 2.77. The third-order valence-electron chi connectivity index (χ3n) is 4.96. The van der Waals surface area contributed by atoms with Gasteiger partial charge in [0.05, 0.1) is 6.54 Å². The Morgan fingerprint density at radius 2 is 1.84 bits per heavy atom. The standard InChI is InChI=1S/C23H33N7O.HI/c1-4-24-22(29-11-13-30(14-12-29)23-25-9-6-10-26-23)27-17-19-7-5-8-20(16-19)28-21(31)15-18(2)3;/h5-10,16,18H,4,11-15,17H2,1-3H3,(H,24,27)(H,28,31);1H. The van der Waals surface area contributed by atoms with Gasteiger partial charge in [-0.25, -0.2) is 15.0 Å². The summed E-state index contributed by atoms with van der Waals surface area (Å²) in [6, 6.07) is 9.75. The summed E-state index contributed by atoms with van der Waals surface area (Å²) in [7, 11) is 0. The zero-order valence-corrected chi connectivity index (χ0v) is 21.5. The van der Waals surface area contributed by atoms with Crippen LogP contribution in [0.1, 0.15) is 32.8 Å². The van der Waals surface area contributed by atoms with Gasteiger partial charge in [-0.2, -0.15) is 0 Å². The van der Waals surface area contributed by atoms with E-state index in [2.05, 4.69) is 37.3 Å². The minimum Gasteiger partial charge on any atom is -0.357 e. The first-order chi connectivity index (χ1) is 15.0. The molecule has 32 heavy (non-hydrogen) atoms. The lowest BCUT2D eigenvalue weighted by Crippen LogP contribution is -2.52. The number of nitrogens with zero attached hydrogens (tertiary/aromatic N) is 5. The summed E-state index contributed by atoms with van der Waals surface area (Å²) in [6.07, 6.45) is 4.08. The molecule has 2 heterocycles. The summed E-state index contributed by atoms with van der Waals surface area (Å²) in [6.45, 7) is 10.9. The van der Waals surface area contributed by atoms with Gasteiger partial charge in [0, 0.05) is 57.2 Å². The van der Waals surface area contributed by atoms with E-state index in [1.807, 2.05) is 44.2 Å². The first kappa shape index (κ1) is 25.8. The van der Waals surface area contributed by atoms with Crippen molar-refractivity contribution >= 4 is 47.5 Å². The quantitative estimate of drug-likeness (QED) is 0.312. The van der Waals surface area contributed by atoms with E-state index in [-0.39, 0.29) is 29.9 Å². The second-order valence-corrected chi connectivity index (χ2v) is 8.04. The third-order valence-corrected chi connectivity index (χ3v) is 4.96. The average molecular weight is 551 g/mol. The number of aromatic nitrogens is 2. The molecule has 3 rings (SSSR count). The van der Waals surface area contributed by atoms with Crippen molar-refractivity contribution in [1.82, 2.24) is 20.2 Å². The maximum absolute atomic E-state index is 12.1. The van der Waals surface area contributed by atoms with Gasteiger partial charge in [0.15, 0.2) is 5.96 Å². The minimum absolute atomic E-state index is 0. The second kappa shape index (κ2) is 13.2. The molecule has 8 nitrogen and oxygen atoms in total. The zero-order chi connectivity index (χ0) is 22.1. The van der Waals surface area contributed by atoms with E-state index in [0.29, 0.717) is 18.9 Å². The van der Waals surface area contributed by atoms with Crippen LogP contribution in [0.25, 0.3) is 0 Å². The summed E-state index contributed by atoms with van der Waals surface area (Å²) in [5, 5.41) is 6.38. The highest BCUT2D eigenvalue weighted by Crippen LogP contribution is 2.14. The van der Waals surface area contributed by atoms with Gasteiger partial charge in [-0.05, 0) is 36.6 Å². The van der Waals surface area contributed by atoms with Crippen LogP contribution < -0.4 is 15.5 Å². The minimum atomic E-state index is 0. The van der Waals surface area contributed by atoms with Crippen molar-refractivity contribution in [2.75, 3.05) is 42.9 Å². The smallest absolute Gasteiger partial charge is 0.225 e. The molecule has 0 spiro atoms. The van der Waals surface area contributed by atoms with Crippen molar-refractivity contribution in [1.29, 1.82) is 0 Å². The predicted octanol–water partition coefficient (Wildman–Crippen LogP) is 3.37. The summed E-state index contributed by atoms with van der Waals surface area (Å²) in [4.78, 5) is 30.1. The zero-order valence-electron chi connectivity index (χ0n) is 19.1. The van der Waals surface area contributed by atoms with Gasteiger partial charge < -0.3 is 20.4 Å². The Morgan fingerprint density at radius 1 is 1.12 bits per heavy atom. The lowest BCUT2D eigenvalue weighted by atomic mass is 10.1. The number of aliphatic imine (C=N–C) groups is 1. The van der Waals surface area contributed by atoms with E-state index in [0.717, 1.165) is 55.9 Å². The van der Waals surface area contributed by atoms with Gasteiger partial charge in [-0.3, -0.25) is 4.79 Å². The molecule has 1 fully saturated rings. The fourth-order valence-electron chi connectivity index (χ4n) is 3.50. The molecule has 0 atom stereocenters. The van der Waals surface area contributed by atoms with Crippen LogP contribution in [0.2, 0.25) is 0 Å². The van der Waals surface area contributed by atoms with Gasteiger partial charge in [-0.1, -0.05) is 26.0 Å². The van der Waals surface area contributed by atoms with Gasteiger partial charge in [0.1, 0.15) is 0 Å². The molecule has 1 aromatic carbocycles. The van der Waals surface area contributed by atoms with Crippen LogP contribution in [0.3, 0.4) is 0 Å². The van der Waals surface area contributed by atoms with Crippen molar-refractivity contribution in [3.05, 3.63) is 48.3 Å². The van der Waals surface area contributed by atoms with Gasteiger partial charge in [-0.15, -0.1) is 24.0 Å². The number of benzene rings is 1. The number of amides is 1. The van der Waals surface area contributed by atoms with Crippen LogP contribution in [0.4, 0.5) is 11.6 Å². The molecular weight excluding hydrogens is 517 g/mol. The molecule has 0 unspecified atom stereocenters. The Bertz CT molecular complexity index is 868. The number of hydrogen-bond donors (Lipinski definition) is 2. The molecule has 1 amide bonds. The molecule has 1 aliphatic heterocycles. The molecule has 0 bridgehead atoms. The molecule has 2 aromatic rings. The predicted molar refractivity (Wildman–Crippen MR) is 141 cm³/mol. The highest BCUT2D eigenvalue weighted by Gasteiger charge is 2.21. The Labute approximate surface area is 207 Å². The topological polar surface area (TPSA) is 85.8 Å². The van der Waals surface area contributed by atoms with Gasteiger partial charge in [0.25, 0.3) is 0 Å². The summed E-state index contributed by atoms with van der Waals surface area (Å²) >= 11 is 0. The van der Waals surface area contributed by atoms with Crippen LogP contribution in [-0.2, 0) is 11.3 Å². The largest absolute Gasteiger partial charge is 0.357 e. The first-order valence-electron chi connectivity index (χ1n) is 11.0. The maximum atomic E-state index is 12.1. The van der Waals surface area contributed by atoms with Crippen LogP contribution in [0, 0.1) is 5.92 Å². The number of rotatable bonds is 7. The molecule has 0 aliphatic carbocycles. The number of nitrogens with one attached hydrogen (secondary N) is 2. The molecule has 9 heteroatoms. The third kappa shape index (κ3) is 7.92. The van der Waals surface area contributed by atoms with Crippen LogP contribution in [-0.4, -0.2) is 59.5 Å². The van der Waals surface area contributed by atoms with Crippen LogP contribution >= 0.6 is 24.0 Å². The van der Waals surface area contributed by atoms with Crippen molar-refractivity contribution in [3.63, 3.8) is 0 Å². The van der Waals surface area contributed by atoms with E-state index in [9.17, 15) is 4.79 Å². The molecule has 0 radical (unpaired) electrons. The fourth-order valence-corrected chi connectivity index (χ4v) is 3.50. The Kier molecular flexibility index (Phi) is 10.6. The molecule has 1 aromatic heterocycles. The van der Waals surface area contributed by atoms with E-state index in [1.54, 1.807) is 12.4 Å². The number of carbonyl (C=O) groups excluding carboxylic acids is 1. The number of halogens is 1. The maximum Gasteiger partial charge on any atom is 0.225 e. The monoisotopic (exact) mass is 551 g/mol. The SMILES string of the molecule is CCNC(=NCc1cccc(NC(=O)CC(C)C)c1)N1CCN(c2ncccn2)CC1.I. The van der Waals surface area contributed by atoms with Crippen molar-refractivity contribution in [2.45, 2.75) is 33.7 Å². The van der Waals surface area contributed by atoms with Gasteiger partial charge in [0.2, 0.25) is 11.9 Å². The lowest BCUT2D eigenvalue weighted by Gasteiger charge is -2.36.